The number of halogens is 2. The van der Waals surface area contributed by atoms with Crippen molar-refractivity contribution >= 4 is 63.5 Å². The molecule has 2 aliphatic rings. The minimum Gasteiger partial charge on any atom is -0.322 e. The lowest BCUT2D eigenvalue weighted by atomic mass is 10.0. The van der Waals surface area contributed by atoms with Gasteiger partial charge in [0.25, 0.3) is 11.8 Å². The fourth-order valence-corrected chi connectivity index (χ4v) is 4.21. The number of carbonyl (C=O) groups is 4. The minimum absolute atomic E-state index is 0.205. The summed E-state index contributed by atoms with van der Waals surface area (Å²) in [4.78, 5) is 50.3. The molecular weight excluding hydrogens is 509 g/mol. The van der Waals surface area contributed by atoms with Crippen LogP contribution in [0, 0.1) is 3.57 Å². The first-order chi connectivity index (χ1) is 13.8. The lowest BCUT2D eigenvalue weighted by Gasteiger charge is -2.29. The van der Waals surface area contributed by atoms with E-state index in [0.29, 0.717) is 31.8 Å². The summed E-state index contributed by atoms with van der Waals surface area (Å²) in [6, 6.07) is 9.34. The number of piperidine rings is 1. The molecule has 0 saturated carbocycles. The third-order valence-electron chi connectivity index (χ3n) is 4.97. The zero-order valence-electron chi connectivity index (χ0n) is 15.0. The molecule has 0 aliphatic carbocycles. The summed E-state index contributed by atoms with van der Waals surface area (Å²) in [6.45, 7) is 0.251. The van der Waals surface area contributed by atoms with Gasteiger partial charge in [0.05, 0.1) is 5.69 Å². The molecule has 1 fully saturated rings. The predicted octanol–water partition coefficient (Wildman–Crippen LogP) is 2.96. The molecule has 1 atom stereocenters. The van der Waals surface area contributed by atoms with Crippen LogP contribution in [0.5, 0.6) is 0 Å². The zero-order valence-corrected chi connectivity index (χ0v) is 17.9. The van der Waals surface area contributed by atoms with Crippen LogP contribution >= 0.6 is 34.2 Å². The first-order valence-electron chi connectivity index (χ1n) is 8.87. The maximum absolute atomic E-state index is 12.8. The topological polar surface area (TPSA) is 95.6 Å². The highest BCUT2D eigenvalue weighted by molar-refractivity contribution is 14.1. The predicted molar refractivity (Wildman–Crippen MR) is 115 cm³/mol. The van der Waals surface area contributed by atoms with Gasteiger partial charge in [-0.15, -0.1) is 0 Å². The van der Waals surface area contributed by atoms with Gasteiger partial charge in [-0.2, -0.15) is 0 Å². The van der Waals surface area contributed by atoms with E-state index in [4.69, 9.17) is 11.6 Å². The number of imide groups is 1. The van der Waals surface area contributed by atoms with Gasteiger partial charge in [0.2, 0.25) is 11.8 Å². The molecule has 0 spiro atoms. The van der Waals surface area contributed by atoms with E-state index in [1.807, 2.05) is 0 Å². The Bertz CT molecular complexity index is 1050. The summed E-state index contributed by atoms with van der Waals surface area (Å²) in [6.07, 6.45) is 0.512. The van der Waals surface area contributed by atoms with Gasteiger partial charge in [-0.3, -0.25) is 24.5 Å². The van der Waals surface area contributed by atoms with Gasteiger partial charge in [0, 0.05) is 32.7 Å². The second-order valence-corrected chi connectivity index (χ2v) is 8.45. The number of hydrogen-bond donors (Lipinski definition) is 2. The maximum Gasteiger partial charge on any atom is 0.255 e. The third kappa shape index (κ3) is 3.86. The first kappa shape index (κ1) is 19.8. The second-order valence-electron chi connectivity index (χ2n) is 6.85. The standard InChI is InChI=1S/C20H15ClIN3O4/c21-12-3-1-10(2-4-12)18(27)23-15-7-11-9-25(20(29)13(11)8-14(15)22)16-5-6-17(26)24-19(16)28/h1-4,7-8,16H,5-6,9H2,(H,23,27)(H,24,26,28). The smallest absolute Gasteiger partial charge is 0.255 e. The SMILES string of the molecule is O=C1CCC(N2Cc3cc(NC(=O)c4ccc(Cl)cc4)c(I)cc3C2=O)C(=O)N1. The van der Waals surface area contributed by atoms with Crippen molar-refractivity contribution in [2.24, 2.45) is 0 Å². The molecule has 29 heavy (non-hydrogen) atoms. The zero-order chi connectivity index (χ0) is 20.7. The third-order valence-corrected chi connectivity index (χ3v) is 6.11. The maximum atomic E-state index is 12.8. The second kappa shape index (κ2) is 7.75. The summed E-state index contributed by atoms with van der Waals surface area (Å²) in [5.41, 5.74) is 2.28. The van der Waals surface area contributed by atoms with Crippen LogP contribution in [0.2, 0.25) is 5.02 Å². The summed E-state index contributed by atoms with van der Waals surface area (Å²) >= 11 is 7.92. The molecule has 0 radical (unpaired) electrons. The minimum atomic E-state index is -0.669. The Morgan fingerprint density at radius 3 is 2.59 bits per heavy atom. The van der Waals surface area contributed by atoms with E-state index < -0.39 is 11.9 Å². The number of rotatable bonds is 3. The van der Waals surface area contributed by atoms with Gasteiger partial charge in [0.15, 0.2) is 0 Å². The molecule has 0 bridgehead atoms. The number of nitrogens with one attached hydrogen (secondary N) is 2. The molecule has 2 N–H and O–H groups in total. The lowest BCUT2D eigenvalue weighted by Crippen LogP contribution is -2.52. The highest BCUT2D eigenvalue weighted by Crippen LogP contribution is 2.32. The van der Waals surface area contributed by atoms with E-state index in [1.54, 1.807) is 36.4 Å². The van der Waals surface area contributed by atoms with E-state index in [2.05, 4.69) is 33.2 Å². The molecule has 2 aliphatic heterocycles. The van der Waals surface area contributed by atoms with Crippen molar-refractivity contribution in [2.45, 2.75) is 25.4 Å². The molecule has 2 aromatic rings. The van der Waals surface area contributed by atoms with Crippen LogP contribution in [0.25, 0.3) is 0 Å². The van der Waals surface area contributed by atoms with Crippen LogP contribution in [0.15, 0.2) is 36.4 Å². The van der Waals surface area contributed by atoms with Crippen molar-refractivity contribution in [1.82, 2.24) is 10.2 Å². The Morgan fingerprint density at radius 2 is 1.90 bits per heavy atom. The Morgan fingerprint density at radius 1 is 1.17 bits per heavy atom. The first-order valence-corrected chi connectivity index (χ1v) is 10.3. The molecule has 1 saturated heterocycles. The summed E-state index contributed by atoms with van der Waals surface area (Å²) in [5.74, 6) is -1.31. The summed E-state index contributed by atoms with van der Waals surface area (Å²) in [7, 11) is 0. The van der Waals surface area contributed by atoms with Gasteiger partial charge >= 0.3 is 0 Å². The fraction of sp³-hybridized carbons (Fsp3) is 0.200. The number of benzene rings is 2. The number of hydrogen-bond acceptors (Lipinski definition) is 4. The van der Waals surface area contributed by atoms with Gasteiger partial charge < -0.3 is 10.2 Å². The highest BCUT2D eigenvalue weighted by atomic mass is 127. The van der Waals surface area contributed by atoms with E-state index >= 15 is 0 Å². The van der Waals surface area contributed by atoms with Crippen LogP contribution in [0.1, 0.15) is 39.1 Å². The van der Waals surface area contributed by atoms with E-state index in [0.717, 1.165) is 5.56 Å². The monoisotopic (exact) mass is 523 g/mol. The molecule has 7 nitrogen and oxygen atoms in total. The van der Waals surface area contributed by atoms with Crippen molar-refractivity contribution in [3.63, 3.8) is 0 Å². The fourth-order valence-electron chi connectivity index (χ4n) is 3.48. The molecule has 1 unspecified atom stereocenters. The van der Waals surface area contributed by atoms with Gasteiger partial charge in [-0.05, 0) is 71.0 Å². The van der Waals surface area contributed by atoms with Crippen molar-refractivity contribution in [3.05, 3.63) is 61.7 Å². The summed E-state index contributed by atoms with van der Waals surface area (Å²) in [5, 5.41) is 5.68. The molecule has 0 aromatic heterocycles. The average molecular weight is 524 g/mol. The quantitative estimate of drug-likeness (QED) is 0.478. The molecule has 2 aromatic carbocycles. The number of carbonyl (C=O) groups excluding carboxylic acids is 4. The number of nitrogens with zero attached hydrogens (tertiary/aromatic N) is 1. The van der Waals surface area contributed by atoms with Gasteiger partial charge in [-0.1, -0.05) is 11.6 Å². The number of anilines is 1. The van der Waals surface area contributed by atoms with Crippen molar-refractivity contribution < 1.29 is 19.2 Å². The van der Waals surface area contributed by atoms with Gasteiger partial charge in [-0.25, -0.2) is 0 Å². The molecule has 4 amide bonds. The Balaban J connectivity index is 1.56. The van der Waals surface area contributed by atoms with Crippen LogP contribution in [-0.2, 0) is 16.1 Å². The lowest BCUT2D eigenvalue weighted by molar-refractivity contribution is -0.136. The van der Waals surface area contributed by atoms with Crippen LogP contribution in [0.4, 0.5) is 5.69 Å². The normalized spacial score (nSPS) is 18.5. The number of amides is 4. The van der Waals surface area contributed by atoms with Crippen LogP contribution < -0.4 is 10.6 Å². The average Bonchev–Trinajstić information content (AvgIpc) is 2.98. The van der Waals surface area contributed by atoms with E-state index in [1.165, 1.54) is 4.90 Å². The molecule has 4 rings (SSSR count). The van der Waals surface area contributed by atoms with Crippen molar-refractivity contribution in [1.29, 1.82) is 0 Å². The molecule has 9 heteroatoms. The molecular formula is C20H15ClIN3O4. The Kier molecular flexibility index (Phi) is 5.30. The Hall–Kier alpha value is -2.46. The highest BCUT2D eigenvalue weighted by Gasteiger charge is 2.39. The number of fused-ring (bicyclic) bond motifs is 1. The molecule has 148 valence electrons. The van der Waals surface area contributed by atoms with Crippen molar-refractivity contribution in [2.75, 3.05) is 5.32 Å². The van der Waals surface area contributed by atoms with Crippen molar-refractivity contribution in [3.8, 4) is 0 Å². The van der Waals surface area contributed by atoms with E-state index in [9.17, 15) is 19.2 Å². The summed E-state index contributed by atoms with van der Waals surface area (Å²) < 4.78 is 0.710. The van der Waals surface area contributed by atoms with Gasteiger partial charge in [0.1, 0.15) is 6.04 Å². The Labute approximate surface area is 184 Å². The largest absolute Gasteiger partial charge is 0.322 e. The van der Waals surface area contributed by atoms with Crippen LogP contribution in [0.3, 0.4) is 0 Å². The van der Waals surface area contributed by atoms with E-state index in [-0.39, 0.29) is 30.7 Å². The van der Waals surface area contributed by atoms with Crippen LogP contribution in [-0.4, -0.2) is 34.6 Å². The molecule has 2 heterocycles.